The van der Waals surface area contributed by atoms with Crippen molar-refractivity contribution in [3.05, 3.63) is 0 Å². The fraction of sp³-hybridized carbons (Fsp3) is 0.800. The molecule has 1 rings (SSSR count). The van der Waals surface area contributed by atoms with Crippen LogP contribution in [0.5, 0.6) is 0 Å². The van der Waals surface area contributed by atoms with Crippen LogP contribution in [0.2, 0.25) is 0 Å². The Bertz CT molecular complexity index is 242. The van der Waals surface area contributed by atoms with E-state index in [-0.39, 0.29) is 16.8 Å². The number of carbonyl (C=O) groups excluding carboxylic acids is 1. The largest absolute Gasteiger partial charge is 0.393 e. The van der Waals surface area contributed by atoms with Crippen molar-refractivity contribution in [2.75, 3.05) is 0 Å². The summed E-state index contributed by atoms with van der Waals surface area (Å²) in [6, 6.07) is 0.328. The minimum atomic E-state index is -0.346. The van der Waals surface area contributed by atoms with Crippen LogP contribution in [0.15, 0.2) is 0 Å². The van der Waals surface area contributed by atoms with Crippen molar-refractivity contribution in [1.82, 2.24) is 5.32 Å². The first-order valence-corrected chi connectivity index (χ1v) is 5.51. The van der Waals surface area contributed by atoms with Gasteiger partial charge in [-0.25, -0.2) is 0 Å². The molecule has 0 aromatic heterocycles. The zero-order chi connectivity index (χ0) is 10.7. The van der Waals surface area contributed by atoms with Gasteiger partial charge in [-0.15, -0.1) is 0 Å². The van der Waals surface area contributed by atoms with Gasteiger partial charge in [-0.3, -0.25) is 4.79 Å². The fourth-order valence-electron chi connectivity index (χ4n) is 1.79. The predicted molar refractivity (Wildman–Crippen MR) is 60.9 cm³/mol. The first-order chi connectivity index (χ1) is 6.50. The van der Waals surface area contributed by atoms with Crippen LogP contribution in [0.25, 0.3) is 0 Å². The minimum absolute atomic E-state index is 0.0309. The lowest BCUT2D eigenvalue weighted by Gasteiger charge is -2.15. The molecule has 0 saturated heterocycles. The Kier molecular flexibility index (Phi) is 3.86. The topological polar surface area (TPSA) is 55.1 Å². The summed E-state index contributed by atoms with van der Waals surface area (Å²) in [4.78, 5) is 11.8. The molecule has 0 aliphatic heterocycles. The van der Waals surface area contributed by atoms with Gasteiger partial charge < -0.3 is 11.1 Å². The first-order valence-electron chi connectivity index (χ1n) is 5.10. The van der Waals surface area contributed by atoms with Crippen molar-refractivity contribution in [3.8, 4) is 0 Å². The quantitative estimate of drug-likeness (QED) is 0.694. The lowest BCUT2D eigenvalue weighted by atomic mass is 10.1. The van der Waals surface area contributed by atoms with Crippen molar-refractivity contribution >= 4 is 23.1 Å². The highest BCUT2D eigenvalue weighted by atomic mass is 32.1. The summed E-state index contributed by atoms with van der Waals surface area (Å²) in [6.07, 6.45) is 3.36. The number of nitrogens with two attached hydrogens (primary N) is 1. The molecule has 0 heterocycles. The van der Waals surface area contributed by atoms with Crippen LogP contribution in [0.3, 0.4) is 0 Å². The highest BCUT2D eigenvalue weighted by molar-refractivity contribution is 7.80. The van der Waals surface area contributed by atoms with Gasteiger partial charge >= 0.3 is 0 Å². The van der Waals surface area contributed by atoms with Crippen LogP contribution in [0, 0.1) is 11.8 Å². The molecule has 0 aromatic rings. The van der Waals surface area contributed by atoms with Crippen molar-refractivity contribution in [2.45, 2.75) is 39.2 Å². The Labute approximate surface area is 90.4 Å². The summed E-state index contributed by atoms with van der Waals surface area (Å²) in [6.45, 7) is 3.96. The summed E-state index contributed by atoms with van der Waals surface area (Å²) < 4.78 is 0. The Morgan fingerprint density at radius 2 is 2.21 bits per heavy atom. The first kappa shape index (κ1) is 11.4. The van der Waals surface area contributed by atoms with Crippen LogP contribution in [-0.2, 0) is 4.79 Å². The zero-order valence-electron chi connectivity index (χ0n) is 8.75. The fourth-order valence-corrected chi connectivity index (χ4v) is 1.90. The second-order valence-corrected chi connectivity index (χ2v) is 4.72. The average Bonchev–Trinajstić information content (AvgIpc) is 2.49. The highest BCUT2D eigenvalue weighted by Crippen LogP contribution is 2.24. The standard InChI is InChI=1S/C10H18N2OS/c1-6-3-4-8(5-6)12-10(13)7(2)9(11)14/h6-8H,3-5H2,1-2H3,(H2,11,14)(H,12,13). The van der Waals surface area contributed by atoms with Crippen LogP contribution < -0.4 is 11.1 Å². The summed E-state index contributed by atoms with van der Waals surface area (Å²) in [5.74, 6) is 0.345. The molecule has 0 aromatic carbocycles. The van der Waals surface area contributed by atoms with E-state index in [9.17, 15) is 4.79 Å². The van der Waals surface area contributed by atoms with Crippen molar-refractivity contribution in [3.63, 3.8) is 0 Å². The maximum atomic E-state index is 11.6. The van der Waals surface area contributed by atoms with Gasteiger partial charge in [0.15, 0.2) is 0 Å². The molecule has 3 N–H and O–H groups in total. The molecule has 1 aliphatic carbocycles. The maximum Gasteiger partial charge on any atom is 0.229 e. The zero-order valence-corrected chi connectivity index (χ0v) is 9.56. The SMILES string of the molecule is CC1CCC(NC(=O)C(C)C(N)=S)C1. The number of hydrogen-bond acceptors (Lipinski definition) is 2. The van der Waals surface area contributed by atoms with E-state index in [4.69, 9.17) is 18.0 Å². The lowest BCUT2D eigenvalue weighted by molar-refractivity contribution is -0.123. The Morgan fingerprint density at radius 1 is 1.57 bits per heavy atom. The molecule has 3 unspecified atom stereocenters. The second kappa shape index (κ2) is 4.73. The molecule has 4 heteroatoms. The van der Waals surface area contributed by atoms with Gasteiger partial charge in [0.05, 0.1) is 10.9 Å². The van der Waals surface area contributed by atoms with E-state index in [1.54, 1.807) is 6.92 Å². The van der Waals surface area contributed by atoms with E-state index < -0.39 is 0 Å². The predicted octanol–water partition coefficient (Wildman–Crippen LogP) is 1.21. The molecule has 0 radical (unpaired) electrons. The second-order valence-electron chi connectivity index (χ2n) is 4.25. The summed E-state index contributed by atoms with van der Waals surface area (Å²) >= 11 is 4.78. The minimum Gasteiger partial charge on any atom is -0.393 e. The Morgan fingerprint density at radius 3 is 2.64 bits per heavy atom. The third-order valence-corrected chi connectivity index (χ3v) is 3.21. The van der Waals surface area contributed by atoms with Crippen molar-refractivity contribution in [1.29, 1.82) is 0 Å². The monoisotopic (exact) mass is 214 g/mol. The van der Waals surface area contributed by atoms with E-state index in [1.807, 2.05) is 0 Å². The van der Waals surface area contributed by atoms with Gasteiger partial charge in [0, 0.05) is 6.04 Å². The summed E-state index contributed by atoms with van der Waals surface area (Å²) in [7, 11) is 0. The van der Waals surface area contributed by atoms with Crippen LogP contribution in [0.1, 0.15) is 33.1 Å². The molecule has 1 fully saturated rings. The third kappa shape index (κ3) is 2.94. The molecule has 80 valence electrons. The van der Waals surface area contributed by atoms with Gasteiger partial charge in [0.2, 0.25) is 5.91 Å². The van der Waals surface area contributed by atoms with Gasteiger partial charge in [0.25, 0.3) is 0 Å². The molecule has 3 atom stereocenters. The molecule has 1 aliphatic rings. The molecule has 0 bridgehead atoms. The smallest absolute Gasteiger partial charge is 0.229 e. The molecule has 0 spiro atoms. The molecule has 14 heavy (non-hydrogen) atoms. The van der Waals surface area contributed by atoms with Gasteiger partial charge in [-0.2, -0.15) is 0 Å². The Balaban J connectivity index is 2.37. The van der Waals surface area contributed by atoms with E-state index in [1.165, 1.54) is 6.42 Å². The molecular weight excluding hydrogens is 196 g/mol. The van der Waals surface area contributed by atoms with E-state index in [2.05, 4.69) is 12.2 Å². The number of rotatable bonds is 3. The molecule has 3 nitrogen and oxygen atoms in total. The van der Waals surface area contributed by atoms with E-state index >= 15 is 0 Å². The average molecular weight is 214 g/mol. The molecule has 1 amide bonds. The maximum absolute atomic E-state index is 11.6. The normalized spacial score (nSPS) is 28.4. The number of thiocarbonyl (C=S) groups is 1. The van der Waals surface area contributed by atoms with Gasteiger partial charge in [-0.05, 0) is 32.1 Å². The number of hydrogen-bond donors (Lipinski definition) is 2. The Hall–Kier alpha value is -0.640. The van der Waals surface area contributed by atoms with Gasteiger partial charge in [0.1, 0.15) is 0 Å². The van der Waals surface area contributed by atoms with E-state index in [0.717, 1.165) is 18.8 Å². The highest BCUT2D eigenvalue weighted by Gasteiger charge is 2.25. The van der Waals surface area contributed by atoms with Crippen LogP contribution >= 0.6 is 12.2 Å². The summed E-state index contributed by atoms with van der Waals surface area (Å²) in [5, 5.41) is 2.98. The van der Waals surface area contributed by atoms with Crippen molar-refractivity contribution < 1.29 is 4.79 Å². The number of nitrogens with one attached hydrogen (secondary N) is 1. The van der Waals surface area contributed by atoms with Gasteiger partial charge in [-0.1, -0.05) is 19.1 Å². The number of amides is 1. The molecule has 1 saturated carbocycles. The molecular formula is C10H18N2OS. The van der Waals surface area contributed by atoms with Crippen molar-refractivity contribution in [2.24, 2.45) is 17.6 Å². The van der Waals surface area contributed by atoms with Crippen LogP contribution in [0.4, 0.5) is 0 Å². The number of carbonyl (C=O) groups is 1. The summed E-state index contributed by atoms with van der Waals surface area (Å²) in [5.41, 5.74) is 5.41. The lowest BCUT2D eigenvalue weighted by Crippen LogP contribution is -2.40. The van der Waals surface area contributed by atoms with Crippen LogP contribution in [-0.4, -0.2) is 16.9 Å². The van der Waals surface area contributed by atoms with E-state index in [0.29, 0.717) is 6.04 Å². The third-order valence-electron chi connectivity index (χ3n) is 2.86.